The zero-order valence-electron chi connectivity index (χ0n) is 13.5. The molecule has 0 aliphatic heterocycles. The lowest BCUT2D eigenvalue weighted by atomic mass is 10.1. The van der Waals surface area contributed by atoms with Crippen LogP contribution in [-0.4, -0.2) is 20.1 Å². The van der Waals surface area contributed by atoms with E-state index in [1.165, 1.54) is 11.1 Å². The van der Waals surface area contributed by atoms with Gasteiger partial charge in [-0.25, -0.2) is 0 Å². The van der Waals surface area contributed by atoms with Gasteiger partial charge in [-0.1, -0.05) is 48.0 Å². The van der Waals surface area contributed by atoms with Crippen LogP contribution in [0, 0.1) is 0 Å². The number of nitrogens with zero attached hydrogens (tertiary/aromatic N) is 1. The molecule has 0 aliphatic rings. The Morgan fingerprint density at radius 3 is 1.87 bits per heavy atom. The largest absolute Gasteiger partial charge is 0.380 e. The first-order chi connectivity index (χ1) is 11.2. The lowest BCUT2D eigenvalue weighted by Crippen LogP contribution is -2.36. The van der Waals surface area contributed by atoms with Gasteiger partial charge in [0.05, 0.1) is 6.61 Å². The van der Waals surface area contributed by atoms with E-state index in [4.69, 9.17) is 16.3 Å². The van der Waals surface area contributed by atoms with Crippen molar-refractivity contribution >= 4 is 17.6 Å². The van der Waals surface area contributed by atoms with Crippen LogP contribution >= 0.6 is 11.6 Å². The van der Waals surface area contributed by atoms with Crippen molar-refractivity contribution in [1.29, 1.82) is 0 Å². The predicted octanol–water partition coefficient (Wildman–Crippen LogP) is 3.35. The maximum atomic E-state index is 5.89. The fraction of sp³-hybridized carbons (Fsp3) is 0.278. The molecule has 0 unspecified atom stereocenters. The molecular formula is C18H22ClN3O. The summed E-state index contributed by atoms with van der Waals surface area (Å²) in [5.41, 5.74) is 3.52. The fourth-order valence-electron chi connectivity index (χ4n) is 2.11. The molecule has 0 saturated heterocycles. The summed E-state index contributed by atoms with van der Waals surface area (Å²) in [5, 5.41) is 7.33. The van der Waals surface area contributed by atoms with Gasteiger partial charge >= 0.3 is 0 Å². The number of ether oxygens (including phenoxy) is 1. The van der Waals surface area contributed by atoms with Crippen LogP contribution < -0.4 is 10.6 Å². The normalized spacial score (nSPS) is 11.3. The van der Waals surface area contributed by atoms with E-state index in [2.05, 4.69) is 39.9 Å². The first-order valence-electron chi connectivity index (χ1n) is 7.47. The van der Waals surface area contributed by atoms with Crippen molar-refractivity contribution in [2.24, 2.45) is 4.99 Å². The van der Waals surface area contributed by atoms with E-state index in [0.29, 0.717) is 19.7 Å². The van der Waals surface area contributed by atoms with E-state index < -0.39 is 0 Å². The summed E-state index contributed by atoms with van der Waals surface area (Å²) in [4.78, 5) is 4.23. The van der Waals surface area contributed by atoms with Crippen LogP contribution in [0.1, 0.15) is 16.7 Å². The Hall–Kier alpha value is -2.04. The second kappa shape index (κ2) is 9.18. The Morgan fingerprint density at radius 1 is 0.913 bits per heavy atom. The summed E-state index contributed by atoms with van der Waals surface area (Å²) < 4.78 is 5.11. The molecule has 0 spiro atoms. The SMILES string of the molecule is CN=C(NCc1ccc(Cl)cc1)NCc1ccc(COC)cc1. The Morgan fingerprint density at radius 2 is 1.39 bits per heavy atom. The summed E-state index contributed by atoms with van der Waals surface area (Å²) in [6, 6.07) is 16.1. The first kappa shape index (κ1) is 17.3. The molecule has 0 amide bonds. The maximum Gasteiger partial charge on any atom is 0.191 e. The van der Waals surface area contributed by atoms with Gasteiger partial charge in [-0.05, 0) is 28.8 Å². The van der Waals surface area contributed by atoms with Crippen LogP contribution in [0.2, 0.25) is 5.02 Å². The van der Waals surface area contributed by atoms with Gasteiger partial charge in [-0.3, -0.25) is 4.99 Å². The van der Waals surface area contributed by atoms with Gasteiger partial charge in [0.15, 0.2) is 5.96 Å². The van der Waals surface area contributed by atoms with Gasteiger partial charge in [0.25, 0.3) is 0 Å². The highest BCUT2D eigenvalue weighted by molar-refractivity contribution is 6.30. The first-order valence-corrected chi connectivity index (χ1v) is 7.85. The zero-order valence-corrected chi connectivity index (χ0v) is 14.2. The molecular weight excluding hydrogens is 310 g/mol. The molecule has 0 radical (unpaired) electrons. The maximum absolute atomic E-state index is 5.89. The number of rotatable bonds is 6. The van der Waals surface area contributed by atoms with Crippen LogP contribution in [0.25, 0.3) is 0 Å². The number of benzene rings is 2. The second-order valence-electron chi connectivity index (χ2n) is 5.16. The van der Waals surface area contributed by atoms with E-state index in [0.717, 1.165) is 16.5 Å². The minimum Gasteiger partial charge on any atom is -0.380 e. The van der Waals surface area contributed by atoms with Crippen LogP contribution in [0.15, 0.2) is 53.5 Å². The zero-order chi connectivity index (χ0) is 16.5. The van der Waals surface area contributed by atoms with E-state index in [1.54, 1.807) is 14.2 Å². The Bertz CT molecular complexity index is 624. The van der Waals surface area contributed by atoms with Gasteiger partial charge in [0.1, 0.15) is 0 Å². The van der Waals surface area contributed by atoms with Crippen LogP contribution in [0.3, 0.4) is 0 Å². The smallest absolute Gasteiger partial charge is 0.191 e. The molecule has 122 valence electrons. The van der Waals surface area contributed by atoms with Crippen molar-refractivity contribution in [2.75, 3.05) is 14.2 Å². The molecule has 0 aromatic heterocycles. The average molecular weight is 332 g/mol. The average Bonchev–Trinajstić information content (AvgIpc) is 2.58. The highest BCUT2D eigenvalue weighted by Crippen LogP contribution is 2.09. The number of aliphatic imine (C=N–C) groups is 1. The summed E-state index contributed by atoms with van der Waals surface area (Å²) in [7, 11) is 3.46. The molecule has 0 bridgehead atoms. The monoisotopic (exact) mass is 331 g/mol. The van der Waals surface area contributed by atoms with E-state index >= 15 is 0 Å². The quantitative estimate of drug-likeness (QED) is 0.630. The number of nitrogens with one attached hydrogen (secondary N) is 2. The third-order valence-corrected chi connectivity index (χ3v) is 3.64. The predicted molar refractivity (Wildman–Crippen MR) is 95.6 cm³/mol. The highest BCUT2D eigenvalue weighted by atomic mass is 35.5. The molecule has 2 aromatic carbocycles. The van der Waals surface area contributed by atoms with E-state index in [1.807, 2.05) is 24.3 Å². The molecule has 2 N–H and O–H groups in total. The molecule has 4 nitrogen and oxygen atoms in total. The van der Waals surface area contributed by atoms with Crippen LogP contribution in [0.4, 0.5) is 0 Å². The van der Waals surface area contributed by atoms with Gasteiger partial charge in [0.2, 0.25) is 0 Å². The van der Waals surface area contributed by atoms with Crippen molar-refractivity contribution < 1.29 is 4.74 Å². The molecule has 2 rings (SSSR count). The van der Waals surface area contributed by atoms with Crippen LogP contribution in [0.5, 0.6) is 0 Å². The Balaban J connectivity index is 1.81. The van der Waals surface area contributed by atoms with Crippen molar-refractivity contribution in [2.45, 2.75) is 19.7 Å². The lowest BCUT2D eigenvalue weighted by Gasteiger charge is -2.12. The molecule has 0 aliphatic carbocycles. The number of guanidine groups is 1. The van der Waals surface area contributed by atoms with Gasteiger partial charge < -0.3 is 15.4 Å². The molecule has 0 fully saturated rings. The van der Waals surface area contributed by atoms with Crippen molar-refractivity contribution in [3.63, 3.8) is 0 Å². The molecule has 2 aromatic rings. The molecule has 0 atom stereocenters. The standard InChI is InChI=1S/C18H22ClN3O/c1-20-18(22-12-15-7-9-17(19)10-8-15)21-11-14-3-5-16(6-4-14)13-23-2/h3-10H,11-13H2,1-2H3,(H2,20,21,22). The topological polar surface area (TPSA) is 45.7 Å². The molecule has 0 saturated carbocycles. The lowest BCUT2D eigenvalue weighted by molar-refractivity contribution is 0.185. The van der Waals surface area contributed by atoms with Crippen molar-refractivity contribution in [3.8, 4) is 0 Å². The minimum atomic E-state index is 0.637. The summed E-state index contributed by atoms with van der Waals surface area (Å²) >= 11 is 5.89. The number of hydrogen-bond acceptors (Lipinski definition) is 2. The number of hydrogen-bond donors (Lipinski definition) is 2. The van der Waals surface area contributed by atoms with Crippen molar-refractivity contribution in [1.82, 2.24) is 10.6 Å². The molecule has 0 heterocycles. The molecule has 5 heteroatoms. The third kappa shape index (κ3) is 5.93. The summed E-state index contributed by atoms with van der Waals surface area (Å²) in [5.74, 6) is 0.765. The van der Waals surface area contributed by atoms with Gasteiger partial charge in [-0.15, -0.1) is 0 Å². The van der Waals surface area contributed by atoms with Gasteiger partial charge in [-0.2, -0.15) is 0 Å². The van der Waals surface area contributed by atoms with Crippen LogP contribution in [-0.2, 0) is 24.4 Å². The Labute approximate surface area is 142 Å². The summed E-state index contributed by atoms with van der Waals surface area (Å²) in [6.45, 7) is 2.05. The number of methoxy groups -OCH3 is 1. The summed E-state index contributed by atoms with van der Waals surface area (Å²) in [6.07, 6.45) is 0. The minimum absolute atomic E-state index is 0.637. The highest BCUT2D eigenvalue weighted by Gasteiger charge is 2.00. The van der Waals surface area contributed by atoms with E-state index in [9.17, 15) is 0 Å². The third-order valence-electron chi connectivity index (χ3n) is 3.39. The van der Waals surface area contributed by atoms with Crippen molar-refractivity contribution in [3.05, 3.63) is 70.2 Å². The molecule has 23 heavy (non-hydrogen) atoms. The van der Waals surface area contributed by atoms with E-state index in [-0.39, 0.29) is 0 Å². The van der Waals surface area contributed by atoms with Gasteiger partial charge in [0, 0.05) is 32.3 Å². The second-order valence-corrected chi connectivity index (χ2v) is 5.59. The fourth-order valence-corrected chi connectivity index (χ4v) is 2.24. The number of halogens is 1. The Kier molecular flexibility index (Phi) is 6.91.